The Labute approximate surface area is 305 Å². The third-order valence-electron chi connectivity index (χ3n) is 7.88. The summed E-state index contributed by atoms with van der Waals surface area (Å²) >= 11 is 0. The summed E-state index contributed by atoms with van der Waals surface area (Å²) in [5.41, 5.74) is 10.3. The molecule has 1 radical (unpaired) electrons. The Morgan fingerprint density at radius 3 is 2.29 bits per heavy atom. The number of benzene rings is 3. The van der Waals surface area contributed by atoms with Gasteiger partial charge < -0.3 is 14.4 Å². The number of rotatable bonds is 5. The first-order valence-electron chi connectivity index (χ1n) is 18.2. The molecule has 0 aliphatic carbocycles. The van der Waals surface area contributed by atoms with E-state index in [0.717, 1.165) is 33.2 Å². The van der Waals surface area contributed by atoms with E-state index in [1.807, 2.05) is 75.5 Å². The molecule has 48 heavy (non-hydrogen) atoms. The van der Waals surface area contributed by atoms with Gasteiger partial charge in [-0.05, 0) is 90.7 Å². The maximum Gasteiger partial charge on any atom is 0.216 e. The van der Waals surface area contributed by atoms with E-state index < -0.39 is 18.6 Å². The van der Waals surface area contributed by atoms with E-state index in [0.29, 0.717) is 28.8 Å². The molecular formula is C43H41IrN3O-2. The molecule has 245 valence electrons. The monoisotopic (exact) mass is 813 g/mol. The van der Waals surface area contributed by atoms with E-state index in [1.54, 1.807) is 18.3 Å². The molecule has 4 nitrogen and oxygen atoms in total. The fraction of sp³-hybridized carbons (Fsp3) is 0.233. The van der Waals surface area contributed by atoms with E-state index >= 15 is 0 Å². The van der Waals surface area contributed by atoms with Crippen molar-refractivity contribution in [1.29, 1.82) is 0 Å². The van der Waals surface area contributed by atoms with Crippen LogP contribution in [0.15, 0.2) is 102 Å². The molecule has 0 unspecified atom stereocenters. The third-order valence-corrected chi connectivity index (χ3v) is 7.88. The Bertz CT molecular complexity index is 2360. The molecule has 0 fully saturated rings. The van der Waals surface area contributed by atoms with Crippen LogP contribution in [-0.2, 0) is 32.9 Å². The van der Waals surface area contributed by atoms with E-state index in [-0.39, 0.29) is 31.5 Å². The molecule has 0 spiro atoms. The Morgan fingerprint density at radius 2 is 1.58 bits per heavy atom. The van der Waals surface area contributed by atoms with Crippen LogP contribution in [0.2, 0.25) is 0 Å². The summed E-state index contributed by atoms with van der Waals surface area (Å²) in [6.45, 7) is 9.64. The van der Waals surface area contributed by atoms with Gasteiger partial charge in [0.15, 0.2) is 0 Å². The summed E-state index contributed by atoms with van der Waals surface area (Å²) in [5.74, 6) is 0. The number of hydrogen-bond donors (Lipinski definition) is 0. The smallest absolute Gasteiger partial charge is 0.216 e. The largest absolute Gasteiger partial charge is 0.486 e. The summed E-state index contributed by atoms with van der Waals surface area (Å²) in [7, 11) is 0. The minimum Gasteiger partial charge on any atom is -0.486 e. The number of pyridine rings is 3. The molecule has 0 saturated heterocycles. The zero-order valence-corrected chi connectivity index (χ0v) is 30.4. The molecule has 0 saturated carbocycles. The molecule has 7 rings (SSSR count). The molecule has 0 atom stereocenters. The zero-order valence-electron chi connectivity index (χ0n) is 33.0. The van der Waals surface area contributed by atoms with Crippen LogP contribution in [0.25, 0.3) is 44.6 Å². The van der Waals surface area contributed by atoms with Crippen molar-refractivity contribution in [2.24, 2.45) is 5.41 Å². The molecule has 4 heterocycles. The van der Waals surface area contributed by atoms with Crippen molar-refractivity contribution < 1.29 is 31.4 Å². The van der Waals surface area contributed by atoms with Gasteiger partial charge in [0.1, 0.15) is 0 Å². The number of furan rings is 1. The summed E-state index contributed by atoms with van der Waals surface area (Å²) in [4.78, 5) is 13.2. The minimum absolute atomic E-state index is 0. The van der Waals surface area contributed by atoms with Crippen molar-refractivity contribution in [3.05, 3.63) is 149 Å². The fourth-order valence-corrected chi connectivity index (χ4v) is 5.34. The van der Waals surface area contributed by atoms with Crippen molar-refractivity contribution >= 4 is 22.1 Å². The first-order chi connectivity index (χ1) is 24.5. The van der Waals surface area contributed by atoms with Crippen molar-refractivity contribution in [1.82, 2.24) is 15.0 Å². The second-order valence-electron chi connectivity index (χ2n) is 13.0. The second kappa shape index (κ2) is 14.8. The van der Waals surface area contributed by atoms with Gasteiger partial charge in [0.2, 0.25) is 5.71 Å². The average molecular weight is 813 g/mol. The van der Waals surface area contributed by atoms with Crippen LogP contribution in [-0.4, -0.2) is 15.0 Å². The second-order valence-corrected chi connectivity index (χ2v) is 13.0. The summed E-state index contributed by atoms with van der Waals surface area (Å²) in [5, 5.41) is 1.56. The molecule has 0 aliphatic heterocycles. The van der Waals surface area contributed by atoms with Gasteiger partial charge in [0.05, 0.1) is 5.58 Å². The number of fused-ring (bicyclic) bond motifs is 3. The molecular weight excluding hydrogens is 767 g/mol. The van der Waals surface area contributed by atoms with Gasteiger partial charge in [-0.2, -0.15) is 0 Å². The Balaban J connectivity index is 0.000000283. The average Bonchev–Trinajstić information content (AvgIpc) is 3.48. The van der Waals surface area contributed by atoms with Crippen LogP contribution >= 0.6 is 0 Å². The molecule has 3 aromatic carbocycles. The van der Waals surface area contributed by atoms with Gasteiger partial charge in [-0.1, -0.05) is 80.6 Å². The zero-order chi connectivity index (χ0) is 37.4. The SMILES string of the molecule is Cc1c[c-]c(-c2cc(C)c(C)cn2)cc1.[2H]C([2H])([2H])c1ccc2c(n1)oc1c(-c3cc(Cc4ccc(C([2H])([2H])C(C)(C)C)cc4)ccn3)[c-]ccc12.[Ir]. The molecule has 0 amide bonds. The predicted octanol–water partition coefficient (Wildman–Crippen LogP) is 10.8. The van der Waals surface area contributed by atoms with Crippen LogP contribution in [0, 0.1) is 45.2 Å². The number of hydrogen-bond acceptors (Lipinski definition) is 4. The maximum atomic E-state index is 8.50. The molecule has 0 bridgehead atoms. The molecule has 0 N–H and O–H groups in total. The molecule has 0 aliphatic rings. The van der Waals surface area contributed by atoms with Crippen molar-refractivity contribution in [3.8, 4) is 22.5 Å². The van der Waals surface area contributed by atoms with Gasteiger partial charge in [-0.25, -0.2) is 4.98 Å². The van der Waals surface area contributed by atoms with Crippen LogP contribution in [0.4, 0.5) is 0 Å². The number of nitrogens with zero attached hydrogens (tertiary/aromatic N) is 3. The van der Waals surface area contributed by atoms with Crippen molar-refractivity contribution in [2.75, 3.05) is 0 Å². The van der Waals surface area contributed by atoms with Crippen LogP contribution in [0.1, 0.15) is 66.7 Å². The maximum absolute atomic E-state index is 8.50. The van der Waals surface area contributed by atoms with Crippen LogP contribution < -0.4 is 0 Å². The number of aromatic nitrogens is 3. The van der Waals surface area contributed by atoms with Gasteiger partial charge in [-0.3, -0.25) is 0 Å². The summed E-state index contributed by atoms with van der Waals surface area (Å²) in [6, 6.07) is 33.3. The van der Waals surface area contributed by atoms with Crippen LogP contribution in [0.3, 0.4) is 0 Å². The van der Waals surface area contributed by atoms with Crippen molar-refractivity contribution in [3.63, 3.8) is 0 Å². The van der Waals surface area contributed by atoms with Crippen molar-refractivity contribution in [2.45, 2.75) is 61.2 Å². The van der Waals surface area contributed by atoms with Gasteiger partial charge in [-0.15, -0.1) is 53.6 Å². The van der Waals surface area contributed by atoms with E-state index in [2.05, 4.69) is 66.1 Å². The molecule has 4 aromatic heterocycles. The van der Waals surface area contributed by atoms with E-state index in [1.165, 1.54) is 22.8 Å². The first kappa shape index (κ1) is 28.6. The fourth-order valence-electron chi connectivity index (χ4n) is 5.34. The van der Waals surface area contributed by atoms with Crippen LogP contribution in [0.5, 0.6) is 0 Å². The Kier molecular flexibility index (Phi) is 8.79. The van der Waals surface area contributed by atoms with E-state index in [4.69, 9.17) is 11.3 Å². The minimum atomic E-state index is -2.31. The van der Waals surface area contributed by atoms with Gasteiger partial charge in [0, 0.05) is 50.4 Å². The topological polar surface area (TPSA) is 51.8 Å². The Hall–Kier alpha value is -4.44. The summed E-state index contributed by atoms with van der Waals surface area (Å²) in [6.07, 6.45) is 2.89. The first-order valence-corrected chi connectivity index (χ1v) is 15.7. The van der Waals surface area contributed by atoms with Gasteiger partial charge in [0.25, 0.3) is 0 Å². The predicted molar refractivity (Wildman–Crippen MR) is 193 cm³/mol. The quantitative estimate of drug-likeness (QED) is 0.163. The standard InChI is InChI=1S/C29H27N2O.C14H14N.Ir/c1-19-8-13-24-23-6-5-7-25(27(23)32-28(24)31-19)26-17-22(14-15-30-26)16-20-9-11-21(12-10-20)18-29(2,3)4;1-10-4-6-13(7-5-10)14-8-11(2)12(3)9-15-14;/h5-6,8-15,17H,16,18H2,1-4H3;4-6,8-9H,1-3H3;/q2*-1;/i1D3,18D2;;. The summed E-state index contributed by atoms with van der Waals surface area (Å²) < 4.78 is 45.9. The normalized spacial score (nSPS) is 13.3. The third kappa shape index (κ3) is 8.34. The van der Waals surface area contributed by atoms with Gasteiger partial charge >= 0.3 is 0 Å². The van der Waals surface area contributed by atoms with E-state index in [9.17, 15) is 0 Å². The Morgan fingerprint density at radius 1 is 0.792 bits per heavy atom. The molecule has 5 heteroatoms. The molecule has 7 aromatic rings. The number of aryl methyl sites for hydroxylation is 4.